The number of nitrogens with two attached hydrogens (primary N) is 1. The Morgan fingerprint density at radius 1 is 1.33 bits per heavy atom. The molecule has 3 aromatic rings. The summed E-state index contributed by atoms with van der Waals surface area (Å²) in [5.74, 6) is 1.56. The van der Waals surface area contributed by atoms with Crippen LogP contribution in [-0.2, 0) is 6.54 Å². The Kier molecular flexibility index (Phi) is 2.49. The highest BCUT2D eigenvalue weighted by Crippen LogP contribution is 2.33. The summed E-state index contributed by atoms with van der Waals surface area (Å²) in [6.45, 7) is 0.220. The van der Waals surface area contributed by atoms with Gasteiger partial charge in [0.1, 0.15) is 0 Å². The van der Waals surface area contributed by atoms with Gasteiger partial charge < -0.3 is 19.4 Å². The van der Waals surface area contributed by atoms with Gasteiger partial charge in [0.05, 0.1) is 19.9 Å². The Balaban J connectivity index is 2.20. The van der Waals surface area contributed by atoms with Gasteiger partial charge in [-0.15, -0.1) is 0 Å². The second-order valence-electron chi connectivity index (χ2n) is 3.69. The number of fused-ring (bicyclic) bond motifs is 1. The molecule has 2 heterocycles. The van der Waals surface area contributed by atoms with Gasteiger partial charge in [0, 0.05) is 10.9 Å². The number of hydrogen-bond acceptors (Lipinski definition) is 6. The summed E-state index contributed by atoms with van der Waals surface area (Å²) in [6, 6.07) is 5.51. The summed E-state index contributed by atoms with van der Waals surface area (Å²) in [6.07, 6.45) is 1.60. The predicted molar refractivity (Wildman–Crippen MR) is 63.9 cm³/mol. The van der Waals surface area contributed by atoms with Crippen LogP contribution >= 0.6 is 0 Å². The van der Waals surface area contributed by atoms with Crippen molar-refractivity contribution >= 4 is 11.0 Å². The fourth-order valence-corrected chi connectivity index (χ4v) is 1.84. The standard InChI is InChI=1S/C12H11N3O3/c1-16-9-3-2-8(7-4-5-17-11(7)9)12-14-10(6-13)18-15-12/h2-5H,6,13H2,1H3. The second kappa shape index (κ2) is 4.15. The first kappa shape index (κ1) is 10.8. The van der Waals surface area contributed by atoms with Gasteiger partial charge in [-0.05, 0) is 18.2 Å². The van der Waals surface area contributed by atoms with Gasteiger partial charge in [0.2, 0.25) is 11.7 Å². The van der Waals surface area contributed by atoms with Crippen LogP contribution in [0, 0.1) is 0 Å². The van der Waals surface area contributed by atoms with Gasteiger partial charge in [-0.3, -0.25) is 0 Å². The Labute approximate surface area is 102 Å². The van der Waals surface area contributed by atoms with Crippen LogP contribution < -0.4 is 10.5 Å². The third kappa shape index (κ3) is 1.54. The first-order valence-corrected chi connectivity index (χ1v) is 5.40. The molecular formula is C12H11N3O3. The Morgan fingerprint density at radius 3 is 2.94 bits per heavy atom. The normalized spacial score (nSPS) is 11.0. The number of furan rings is 1. The third-order valence-electron chi connectivity index (χ3n) is 2.68. The van der Waals surface area contributed by atoms with Crippen molar-refractivity contribution in [2.24, 2.45) is 5.73 Å². The van der Waals surface area contributed by atoms with Crippen molar-refractivity contribution < 1.29 is 13.7 Å². The Bertz CT molecular complexity index is 687. The molecule has 6 nitrogen and oxygen atoms in total. The van der Waals surface area contributed by atoms with Gasteiger partial charge >= 0.3 is 0 Å². The van der Waals surface area contributed by atoms with Gasteiger partial charge in [-0.2, -0.15) is 4.98 Å². The van der Waals surface area contributed by atoms with Crippen LogP contribution in [0.25, 0.3) is 22.4 Å². The number of methoxy groups -OCH3 is 1. The van der Waals surface area contributed by atoms with Gasteiger partial charge in [-0.1, -0.05) is 5.16 Å². The van der Waals surface area contributed by atoms with E-state index in [1.165, 1.54) is 0 Å². The van der Waals surface area contributed by atoms with Crippen molar-refractivity contribution in [2.75, 3.05) is 7.11 Å². The minimum atomic E-state index is 0.220. The molecule has 2 N–H and O–H groups in total. The van der Waals surface area contributed by atoms with Gasteiger partial charge in [-0.25, -0.2) is 0 Å². The molecule has 6 heteroatoms. The molecule has 0 atom stereocenters. The summed E-state index contributed by atoms with van der Waals surface area (Å²) in [4.78, 5) is 4.20. The first-order chi connectivity index (χ1) is 8.83. The van der Waals surface area contributed by atoms with Crippen LogP contribution in [-0.4, -0.2) is 17.3 Å². The molecule has 0 aliphatic carbocycles. The zero-order valence-electron chi connectivity index (χ0n) is 9.71. The van der Waals surface area contributed by atoms with Crippen LogP contribution in [0.5, 0.6) is 5.75 Å². The molecule has 0 saturated heterocycles. The molecule has 0 unspecified atom stereocenters. The van der Waals surface area contributed by atoms with E-state index < -0.39 is 0 Å². The lowest BCUT2D eigenvalue weighted by molar-refractivity contribution is 0.380. The van der Waals surface area contributed by atoms with Crippen LogP contribution in [0.2, 0.25) is 0 Å². The zero-order valence-corrected chi connectivity index (χ0v) is 9.71. The summed E-state index contributed by atoms with van der Waals surface area (Å²) in [7, 11) is 1.60. The molecule has 0 bridgehead atoms. The molecule has 0 amide bonds. The van der Waals surface area contributed by atoms with Gasteiger partial charge in [0.25, 0.3) is 0 Å². The molecule has 0 aliphatic rings. The van der Waals surface area contributed by atoms with Crippen LogP contribution in [0.15, 0.2) is 33.4 Å². The number of ether oxygens (including phenoxy) is 1. The molecule has 2 aromatic heterocycles. The van der Waals surface area contributed by atoms with Crippen molar-refractivity contribution in [3.63, 3.8) is 0 Å². The predicted octanol–water partition coefficient (Wildman–Crippen LogP) is 1.95. The van der Waals surface area contributed by atoms with E-state index in [2.05, 4.69) is 10.1 Å². The molecular weight excluding hydrogens is 234 g/mol. The fourth-order valence-electron chi connectivity index (χ4n) is 1.84. The van der Waals surface area contributed by atoms with Gasteiger partial charge in [0.15, 0.2) is 11.3 Å². The monoisotopic (exact) mass is 245 g/mol. The van der Waals surface area contributed by atoms with E-state index in [9.17, 15) is 0 Å². The molecule has 92 valence electrons. The van der Waals surface area contributed by atoms with Crippen molar-refractivity contribution in [1.82, 2.24) is 10.1 Å². The maximum absolute atomic E-state index is 5.44. The molecule has 0 radical (unpaired) electrons. The molecule has 0 aliphatic heterocycles. The highest BCUT2D eigenvalue weighted by atomic mass is 16.5. The van der Waals surface area contributed by atoms with E-state index in [-0.39, 0.29) is 6.54 Å². The lowest BCUT2D eigenvalue weighted by atomic mass is 10.1. The summed E-state index contributed by atoms with van der Waals surface area (Å²) in [5, 5.41) is 4.77. The van der Waals surface area contributed by atoms with E-state index in [0.29, 0.717) is 23.0 Å². The average molecular weight is 245 g/mol. The largest absolute Gasteiger partial charge is 0.493 e. The Morgan fingerprint density at radius 2 is 2.22 bits per heavy atom. The number of aromatic nitrogens is 2. The molecule has 3 rings (SSSR count). The van der Waals surface area contributed by atoms with Crippen molar-refractivity contribution in [2.45, 2.75) is 6.54 Å². The van der Waals surface area contributed by atoms with Crippen LogP contribution in [0.3, 0.4) is 0 Å². The lowest BCUT2D eigenvalue weighted by Gasteiger charge is -2.02. The van der Waals surface area contributed by atoms with Crippen molar-refractivity contribution in [3.05, 3.63) is 30.4 Å². The maximum Gasteiger partial charge on any atom is 0.240 e. The minimum absolute atomic E-state index is 0.220. The number of hydrogen-bond donors (Lipinski definition) is 1. The quantitative estimate of drug-likeness (QED) is 0.758. The van der Waals surface area contributed by atoms with Crippen molar-refractivity contribution in [3.8, 4) is 17.1 Å². The summed E-state index contributed by atoms with van der Waals surface area (Å²) < 4.78 is 15.6. The average Bonchev–Trinajstić information content (AvgIpc) is 3.06. The van der Waals surface area contributed by atoms with Crippen LogP contribution in [0.4, 0.5) is 0 Å². The van der Waals surface area contributed by atoms with E-state index in [4.69, 9.17) is 19.4 Å². The Hall–Kier alpha value is -2.34. The molecule has 0 saturated carbocycles. The number of rotatable bonds is 3. The zero-order chi connectivity index (χ0) is 12.5. The van der Waals surface area contributed by atoms with E-state index in [0.717, 1.165) is 10.9 Å². The lowest BCUT2D eigenvalue weighted by Crippen LogP contribution is -1.95. The molecule has 0 fully saturated rings. The fraction of sp³-hybridized carbons (Fsp3) is 0.167. The first-order valence-electron chi connectivity index (χ1n) is 5.40. The molecule has 18 heavy (non-hydrogen) atoms. The van der Waals surface area contributed by atoms with Crippen LogP contribution in [0.1, 0.15) is 5.89 Å². The van der Waals surface area contributed by atoms with Crippen molar-refractivity contribution in [1.29, 1.82) is 0 Å². The summed E-state index contributed by atoms with van der Waals surface area (Å²) in [5.41, 5.74) is 6.93. The molecule has 0 spiro atoms. The summed E-state index contributed by atoms with van der Waals surface area (Å²) >= 11 is 0. The van der Waals surface area contributed by atoms with E-state index in [1.54, 1.807) is 19.4 Å². The van der Waals surface area contributed by atoms with E-state index in [1.807, 2.05) is 12.1 Å². The maximum atomic E-state index is 5.44. The second-order valence-corrected chi connectivity index (χ2v) is 3.69. The SMILES string of the molecule is COc1ccc(-c2noc(CN)n2)c2ccoc12. The topological polar surface area (TPSA) is 87.3 Å². The minimum Gasteiger partial charge on any atom is -0.493 e. The number of nitrogens with zero attached hydrogens (tertiary/aromatic N) is 2. The highest BCUT2D eigenvalue weighted by Gasteiger charge is 2.15. The smallest absolute Gasteiger partial charge is 0.240 e. The highest BCUT2D eigenvalue weighted by molar-refractivity contribution is 5.95. The number of benzene rings is 1. The third-order valence-corrected chi connectivity index (χ3v) is 2.68. The molecule has 1 aromatic carbocycles. The van der Waals surface area contributed by atoms with E-state index >= 15 is 0 Å².